The molecule has 6 aromatic rings. The standard InChI is InChI=1S/C23H15FN8/c24-19-18-17(11-28-20(19)12-8-13(25)10-26-9-12)31-32-22(18)23-29-16-6-3-4-14(21(16)30-23)15-5-1-2-7-27-15/h1-11H,25H2,(H,29,30)(H,31,32). The number of hydrogen-bond acceptors (Lipinski definition) is 6. The number of aromatic amines is 2. The quantitative estimate of drug-likeness (QED) is 0.390. The summed E-state index contributed by atoms with van der Waals surface area (Å²) in [7, 11) is 0. The second-order valence-corrected chi connectivity index (χ2v) is 7.29. The van der Waals surface area contributed by atoms with Crippen LogP contribution in [-0.2, 0) is 0 Å². The van der Waals surface area contributed by atoms with Gasteiger partial charge in [0.1, 0.15) is 11.4 Å². The van der Waals surface area contributed by atoms with E-state index in [2.05, 4.69) is 30.1 Å². The maximum absolute atomic E-state index is 15.6. The van der Waals surface area contributed by atoms with Crippen LogP contribution in [0.3, 0.4) is 0 Å². The molecule has 154 valence electrons. The van der Waals surface area contributed by atoms with E-state index in [9.17, 15) is 0 Å². The van der Waals surface area contributed by atoms with Gasteiger partial charge >= 0.3 is 0 Å². The summed E-state index contributed by atoms with van der Waals surface area (Å²) in [6.45, 7) is 0. The number of fused-ring (bicyclic) bond motifs is 2. The molecule has 0 fully saturated rings. The number of rotatable bonds is 3. The Bertz CT molecular complexity index is 1600. The van der Waals surface area contributed by atoms with Gasteiger partial charge in [-0.1, -0.05) is 18.2 Å². The highest BCUT2D eigenvalue weighted by molar-refractivity contribution is 5.97. The topological polar surface area (TPSA) is 122 Å². The number of nitrogen functional groups attached to an aromatic ring is 1. The van der Waals surface area contributed by atoms with E-state index < -0.39 is 5.82 Å². The van der Waals surface area contributed by atoms with E-state index >= 15 is 4.39 Å². The van der Waals surface area contributed by atoms with Crippen molar-refractivity contribution in [3.63, 3.8) is 0 Å². The van der Waals surface area contributed by atoms with Crippen LogP contribution in [0.25, 0.3) is 56.0 Å². The second kappa shape index (κ2) is 6.95. The highest BCUT2D eigenvalue weighted by Crippen LogP contribution is 2.34. The van der Waals surface area contributed by atoms with Gasteiger partial charge in [0.25, 0.3) is 0 Å². The first kappa shape index (κ1) is 18.1. The minimum atomic E-state index is -0.524. The molecule has 0 radical (unpaired) electrons. The van der Waals surface area contributed by atoms with Gasteiger partial charge in [-0.15, -0.1) is 0 Å². The lowest BCUT2D eigenvalue weighted by Gasteiger charge is -2.04. The van der Waals surface area contributed by atoms with Crippen LogP contribution in [0.1, 0.15) is 0 Å². The Morgan fingerprint density at radius 3 is 2.69 bits per heavy atom. The third-order valence-electron chi connectivity index (χ3n) is 5.26. The summed E-state index contributed by atoms with van der Waals surface area (Å²) >= 11 is 0. The third-order valence-corrected chi connectivity index (χ3v) is 5.26. The molecule has 0 aliphatic rings. The normalized spacial score (nSPS) is 11.4. The van der Waals surface area contributed by atoms with E-state index in [0.29, 0.717) is 28.3 Å². The number of H-pyrrole nitrogens is 2. The minimum absolute atomic E-state index is 0.144. The van der Waals surface area contributed by atoms with Crippen LogP contribution < -0.4 is 5.73 Å². The number of para-hydroxylation sites is 1. The van der Waals surface area contributed by atoms with E-state index in [1.807, 2.05) is 36.4 Å². The Hall–Kier alpha value is -4.66. The van der Waals surface area contributed by atoms with Crippen molar-refractivity contribution in [3.8, 4) is 34.0 Å². The van der Waals surface area contributed by atoms with Crippen molar-refractivity contribution in [1.82, 2.24) is 35.1 Å². The number of aromatic nitrogens is 7. The highest BCUT2D eigenvalue weighted by Gasteiger charge is 2.21. The molecule has 0 atom stereocenters. The van der Waals surface area contributed by atoms with Crippen LogP contribution in [0.15, 0.2) is 67.3 Å². The molecule has 0 bridgehead atoms. The Morgan fingerprint density at radius 2 is 1.84 bits per heavy atom. The second-order valence-electron chi connectivity index (χ2n) is 7.29. The molecular weight excluding hydrogens is 407 g/mol. The minimum Gasteiger partial charge on any atom is -0.397 e. The van der Waals surface area contributed by atoms with Crippen molar-refractivity contribution in [2.75, 3.05) is 5.73 Å². The van der Waals surface area contributed by atoms with Crippen LogP contribution in [0.2, 0.25) is 0 Å². The van der Waals surface area contributed by atoms with E-state index in [1.54, 1.807) is 12.3 Å². The van der Waals surface area contributed by atoms with E-state index in [0.717, 1.165) is 22.3 Å². The van der Waals surface area contributed by atoms with Gasteiger partial charge in [-0.3, -0.25) is 20.1 Å². The van der Waals surface area contributed by atoms with E-state index in [4.69, 9.17) is 10.7 Å². The molecule has 6 rings (SSSR count). The van der Waals surface area contributed by atoms with Crippen LogP contribution in [0.4, 0.5) is 10.1 Å². The Labute approximate surface area is 180 Å². The van der Waals surface area contributed by atoms with Crippen LogP contribution in [0, 0.1) is 5.82 Å². The van der Waals surface area contributed by atoms with Crippen molar-refractivity contribution in [2.24, 2.45) is 0 Å². The SMILES string of the molecule is Nc1cncc(-c2ncc3[nH]nc(-c4nc5c(-c6ccccn6)cccc5[nH]4)c3c2F)c1. The van der Waals surface area contributed by atoms with E-state index in [1.165, 1.54) is 18.6 Å². The van der Waals surface area contributed by atoms with Gasteiger partial charge in [-0.25, -0.2) is 9.37 Å². The molecule has 9 heteroatoms. The predicted molar refractivity (Wildman–Crippen MR) is 120 cm³/mol. The molecule has 1 aromatic carbocycles. The third kappa shape index (κ3) is 2.79. The first-order chi connectivity index (χ1) is 15.7. The zero-order chi connectivity index (χ0) is 21.7. The lowest BCUT2D eigenvalue weighted by Crippen LogP contribution is -1.94. The number of nitrogens with zero attached hydrogens (tertiary/aromatic N) is 5. The molecule has 0 spiro atoms. The fourth-order valence-corrected chi connectivity index (χ4v) is 3.81. The molecule has 0 saturated heterocycles. The number of benzene rings is 1. The number of anilines is 1. The predicted octanol–water partition coefficient (Wildman–Crippen LogP) is 4.35. The highest BCUT2D eigenvalue weighted by atomic mass is 19.1. The largest absolute Gasteiger partial charge is 0.397 e. The zero-order valence-electron chi connectivity index (χ0n) is 16.5. The zero-order valence-corrected chi connectivity index (χ0v) is 16.5. The summed E-state index contributed by atoms with van der Waals surface area (Å²) in [6, 6.07) is 13.1. The summed E-state index contributed by atoms with van der Waals surface area (Å²) in [6.07, 6.45) is 6.29. The van der Waals surface area contributed by atoms with Gasteiger partial charge in [0.05, 0.1) is 39.5 Å². The number of nitrogens with one attached hydrogen (secondary N) is 2. The summed E-state index contributed by atoms with van der Waals surface area (Å²) in [4.78, 5) is 20.7. The van der Waals surface area contributed by atoms with Gasteiger partial charge in [-0.2, -0.15) is 5.10 Å². The maximum atomic E-state index is 15.6. The van der Waals surface area contributed by atoms with Crippen molar-refractivity contribution < 1.29 is 4.39 Å². The average Bonchev–Trinajstić information content (AvgIpc) is 3.44. The monoisotopic (exact) mass is 422 g/mol. The summed E-state index contributed by atoms with van der Waals surface area (Å²) in [5.74, 6) is -0.0829. The fraction of sp³-hybridized carbons (Fsp3) is 0. The molecule has 4 N–H and O–H groups in total. The van der Waals surface area contributed by atoms with Gasteiger partial charge < -0.3 is 10.7 Å². The molecule has 5 heterocycles. The van der Waals surface area contributed by atoms with Crippen molar-refractivity contribution in [1.29, 1.82) is 0 Å². The lowest BCUT2D eigenvalue weighted by atomic mass is 10.1. The van der Waals surface area contributed by atoms with E-state index in [-0.39, 0.29) is 11.1 Å². The molecule has 32 heavy (non-hydrogen) atoms. The first-order valence-electron chi connectivity index (χ1n) is 9.83. The molecule has 0 unspecified atom stereocenters. The first-order valence-corrected chi connectivity index (χ1v) is 9.83. The Morgan fingerprint density at radius 1 is 0.906 bits per heavy atom. The lowest BCUT2D eigenvalue weighted by molar-refractivity contribution is 0.638. The Kier molecular flexibility index (Phi) is 3.94. The van der Waals surface area contributed by atoms with Gasteiger partial charge in [-0.05, 0) is 24.3 Å². The summed E-state index contributed by atoms with van der Waals surface area (Å²) in [5, 5.41) is 7.45. The van der Waals surface area contributed by atoms with Crippen LogP contribution in [0.5, 0.6) is 0 Å². The smallest absolute Gasteiger partial charge is 0.161 e. The number of imidazole rings is 1. The Balaban J connectivity index is 1.55. The van der Waals surface area contributed by atoms with Crippen molar-refractivity contribution >= 4 is 27.6 Å². The maximum Gasteiger partial charge on any atom is 0.161 e. The van der Waals surface area contributed by atoms with Gasteiger partial charge in [0, 0.05) is 29.7 Å². The summed E-state index contributed by atoms with van der Waals surface area (Å²) in [5.41, 5.74) is 10.9. The molecule has 0 aliphatic carbocycles. The molecule has 8 nitrogen and oxygen atoms in total. The number of pyridine rings is 3. The van der Waals surface area contributed by atoms with Crippen LogP contribution in [-0.4, -0.2) is 35.1 Å². The average molecular weight is 422 g/mol. The van der Waals surface area contributed by atoms with Crippen LogP contribution >= 0.6 is 0 Å². The molecular formula is C23H15FN8. The van der Waals surface area contributed by atoms with Gasteiger partial charge in [0.15, 0.2) is 11.6 Å². The number of nitrogens with two attached hydrogens (primary N) is 1. The number of halogens is 1. The molecule has 5 aromatic heterocycles. The number of hydrogen-bond donors (Lipinski definition) is 3. The van der Waals surface area contributed by atoms with Crippen molar-refractivity contribution in [2.45, 2.75) is 0 Å². The van der Waals surface area contributed by atoms with Crippen molar-refractivity contribution in [3.05, 3.63) is 73.1 Å². The molecule has 0 saturated carbocycles. The molecule has 0 aliphatic heterocycles. The fourth-order valence-electron chi connectivity index (χ4n) is 3.81. The summed E-state index contributed by atoms with van der Waals surface area (Å²) < 4.78 is 15.6. The molecule has 0 amide bonds. The van der Waals surface area contributed by atoms with Gasteiger partial charge in [0.2, 0.25) is 0 Å².